The van der Waals surface area contributed by atoms with Crippen molar-refractivity contribution in [2.24, 2.45) is 9.98 Å². The minimum atomic E-state index is -0.326. The van der Waals surface area contributed by atoms with Crippen molar-refractivity contribution in [1.82, 2.24) is 20.3 Å². The highest BCUT2D eigenvalue weighted by Crippen LogP contribution is 2.46. The van der Waals surface area contributed by atoms with Crippen molar-refractivity contribution in [3.8, 4) is 56.4 Å². The van der Waals surface area contributed by atoms with Gasteiger partial charge in [-0.25, -0.2) is 24.9 Å². The molecule has 7 nitrogen and oxygen atoms in total. The van der Waals surface area contributed by atoms with Gasteiger partial charge in [-0.2, -0.15) is 0 Å². The smallest absolute Gasteiger partial charge is 0.165 e. The van der Waals surface area contributed by atoms with Crippen molar-refractivity contribution < 1.29 is 4.42 Å². The van der Waals surface area contributed by atoms with Crippen LogP contribution in [0.5, 0.6) is 0 Å². The van der Waals surface area contributed by atoms with Gasteiger partial charge in [-0.15, -0.1) is 0 Å². The number of aromatic nitrogens is 3. The van der Waals surface area contributed by atoms with E-state index in [0.29, 0.717) is 23.3 Å². The largest absolute Gasteiger partial charge is 0.456 e. The first-order chi connectivity index (χ1) is 38.2. The third-order valence-corrected chi connectivity index (χ3v) is 15.0. The van der Waals surface area contributed by atoms with Crippen LogP contribution in [0.4, 0.5) is 0 Å². The second-order valence-electron chi connectivity index (χ2n) is 19.5. The molecule has 2 aromatic heterocycles. The van der Waals surface area contributed by atoms with E-state index < -0.39 is 0 Å². The van der Waals surface area contributed by atoms with Gasteiger partial charge in [-0.1, -0.05) is 231 Å². The molecule has 1 aliphatic rings. The van der Waals surface area contributed by atoms with E-state index in [-0.39, 0.29) is 6.17 Å². The molecule has 77 heavy (non-hydrogen) atoms. The van der Waals surface area contributed by atoms with Gasteiger partial charge in [0.2, 0.25) is 0 Å². The molecule has 0 fully saturated rings. The monoisotopic (exact) mass is 984 g/mol. The molecule has 0 amide bonds. The topological polar surface area (TPSA) is 88.6 Å². The summed E-state index contributed by atoms with van der Waals surface area (Å²) in [6, 6.07) is 88.9. The van der Waals surface area contributed by atoms with E-state index in [1.165, 1.54) is 0 Å². The zero-order valence-corrected chi connectivity index (χ0v) is 41.5. The van der Waals surface area contributed by atoms with Gasteiger partial charge in [0.25, 0.3) is 0 Å². The minimum absolute atomic E-state index is 0.326. The molecule has 15 rings (SSSR count). The highest BCUT2D eigenvalue weighted by molar-refractivity contribution is 6.28. The first kappa shape index (κ1) is 44.1. The lowest BCUT2D eigenvalue weighted by atomic mass is 9.87. The molecule has 7 heteroatoms. The number of nitrogens with one attached hydrogen (secondary N) is 1. The molecule has 0 spiro atoms. The van der Waals surface area contributed by atoms with Gasteiger partial charge in [-0.3, -0.25) is 0 Å². The van der Waals surface area contributed by atoms with Crippen molar-refractivity contribution in [2.75, 3.05) is 0 Å². The van der Waals surface area contributed by atoms with Gasteiger partial charge < -0.3 is 9.73 Å². The maximum Gasteiger partial charge on any atom is 0.165 e. The first-order valence-electron chi connectivity index (χ1n) is 25.9. The second kappa shape index (κ2) is 18.2. The fourth-order valence-corrected chi connectivity index (χ4v) is 11.5. The number of hydrogen-bond acceptors (Lipinski definition) is 7. The summed E-state index contributed by atoms with van der Waals surface area (Å²) < 4.78 is 6.84. The van der Waals surface area contributed by atoms with Gasteiger partial charge in [0.05, 0.1) is 0 Å². The summed E-state index contributed by atoms with van der Waals surface area (Å²) in [5.41, 5.74) is 12.0. The molecule has 12 aromatic carbocycles. The summed E-state index contributed by atoms with van der Waals surface area (Å²) in [5, 5.41) is 14.6. The van der Waals surface area contributed by atoms with Crippen LogP contribution < -0.4 is 5.32 Å². The van der Waals surface area contributed by atoms with Crippen LogP contribution in [0.15, 0.2) is 269 Å². The molecule has 1 N–H and O–H groups in total. The molecule has 0 saturated heterocycles. The highest BCUT2D eigenvalue weighted by Gasteiger charge is 2.27. The Hall–Kier alpha value is -10.4. The van der Waals surface area contributed by atoms with Gasteiger partial charge >= 0.3 is 0 Å². The fourth-order valence-electron chi connectivity index (χ4n) is 11.5. The van der Waals surface area contributed by atoms with Crippen LogP contribution >= 0.6 is 0 Å². The lowest BCUT2D eigenvalue weighted by molar-refractivity contribution is 0.669. The van der Waals surface area contributed by atoms with E-state index in [9.17, 15) is 0 Å². The third-order valence-electron chi connectivity index (χ3n) is 15.0. The molecule has 3 heterocycles. The van der Waals surface area contributed by atoms with E-state index in [2.05, 4.69) is 199 Å². The molecule has 0 saturated carbocycles. The predicted octanol–water partition coefficient (Wildman–Crippen LogP) is 17.2. The molecular weight excluding hydrogens is 941 g/mol. The molecule has 0 bridgehead atoms. The van der Waals surface area contributed by atoms with Crippen LogP contribution in [0.2, 0.25) is 0 Å². The van der Waals surface area contributed by atoms with Crippen molar-refractivity contribution in [3.63, 3.8) is 0 Å². The quantitative estimate of drug-likeness (QED) is 0.153. The molecule has 1 aliphatic heterocycles. The van der Waals surface area contributed by atoms with E-state index >= 15 is 0 Å². The second-order valence-corrected chi connectivity index (χ2v) is 19.5. The van der Waals surface area contributed by atoms with Gasteiger partial charge in [0.15, 0.2) is 23.3 Å². The zero-order valence-electron chi connectivity index (χ0n) is 41.5. The van der Waals surface area contributed by atoms with Crippen LogP contribution in [0.3, 0.4) is 0 Å². The summed E-state index contributed by atoms with van der Waals surface area (Å²) in [7, 11) is 0. The van der Waals surface area contributed by atoms with Crippen LogP contribution in [0, 0.1) is 0 Å². The summed E-state index contributed by atoms with van der Waals surface area (Å²) >= 11 is 0. The van der Waals surface area contributed by atoms with Gasteiger partial charge in [0, 0.05) is 38.6 Å². The van der Waals surface area contributed by atoms with Crippen LogP contribution in [-0.4, -0.2) is 26.6 Å². The summed E-state index contributed by atoms with van der Waals surface area (Å²) in [4.78, 5) is 26.0. The van der Waals surface area contributed by atoms with E-state index in [1.54, 1.807) is 0 Å². The third kappa shape index (κ3) is 7.55. The molecule has 360 valence electrons. The molecule has 1 atom stereocenters. The summed E-state index contributed by atoms with van der Waals surface area (Å²) in [6.07, 6.45) is -0.326. The Morgan fingerprint density at radius 2 is 0.714 bits per heavy atom. The number of furan rings is 1. The van der Waals surface area contributed by atoms with E-state index in [4.69, 9.17) is 29.4 Å². The average molecular weight is 985 g/mol. The van der Waals surface area contributed by atoms with Crippen LogP contribution in [0.25, 0.3) is 121 Å². The summed E-state index contributed by atoms with van der Waals surface area (Å²) in [5.74, 6) is 3.36. The average Bonchev–Trinajstić information content (AvgIpc) is 3.92. The Labute approximate surface area is 443 Å². The van der Waals surface area contributed by atoms with Crippen LogP contribution in [0.1, 0.15) is 22.9 Å². The van der Waals surface area contributed by atoms with Gasteiger partial charge in [0.1, 0.15) is 23.2 Å². The van der Waals surface area contributed by atoms with Crippen molar-refractivity contribution in [1.29, 1.82) is 0 Å². The van der Waals surface area contributed by atoms with E-state index in [1.807, 2.05) is 60.7 Å². The molecule has 0 aliphatic carbocycles. The minimum Gasteiger partial charge on any atom is -0.456 e. The van der Waals surface area contributed by atoms with Crippen molar-refractivity contribution >= 4 is 76.7 Å². The SMILES string of the molecule is c1ccc(C2=NC(c3ccccc3)NC(c3c4ccccc4c(-c4ccc5c(c4)oc4ccc(-c6c7ccccc7c(-c7nc(-c8ccccc8)nc(-c8ccccc8)n7)c7ccccc67)cc45)c4ccccc34)=N2)cc1. The van der Waals surface area contributed by atoms with Crippen molar-refractivity contribution in [3.05, 3.63) is 271 Å². The van der Waals surface area contributed by atoms with Crippen molar-refractivity contribution in [2.45, 2.75) is 6.17 Å². The number of rotatable bonds is 8. The Bertz CT molecular complexity index is 4530. The highest BCUT2D eigenvalue weighted by atomic mass is 16.3. The molecule has 0 radical (unpaired) electrons. The number of benzene rings is 12. The first-order valence-corrected chi connectivity index (χ1v) is 25.9. The molecule has 1 unspecified atom stereocenters. The fraction of sp³-hybridized carbons (Fsp3) is 0.0143. The standard InChI is InChI=1S/C70H44N6O/c1-5-21-43(22-6-1)65-71-66(44-23-7-2-8-24-44)74-69(73-65)63-54-33-17-13-29-50(54)61(51-30-14-18-34-55(51)63)47-38-40-59-58(41-47)49-39-37-48(42-60(49)77-59)62-52-31-15-19-35-56(52)64(57-36-20-16-32-53(57)62)70-75-67(45-25-9-3-10-26-45)72-68(76-70)46-27-11-4-12-28-46/h1-42,67H,(H,72,75,76). The zero-order chi connectivity index (χ0) is 50.8. The number of hydrogen-bond donors (Lipinski definition) is 1. The Balaban J connectivity index is 0.874. The van der Waals surface area contributed by atoms with E-state index in [0.717, 1.165) is 126 Å². The Morgan fingerprint density at radius 1 is 0.299 bits per heavy atom. The summed E-state index contributed by atoms with van der Waals surface area (Å²) in [6.45, 7) is 0. The molecule has 14 aromatic rings. The maximum atomic E-state index is 6.84. The number of aliphatic imine (C=N–C) groups is 2. The maximum absolute atomic E-state index is 6.84. The Morgan fingerprint density at radius 3 is 1.23 bits per heavy atom. The Kier molecular flexibility index (Phi) is 10.5. The predicted molar refractivity (Wildman–Crippen MR) is 316 cm³/mol. The normalized spacial score (nSPS) is 13.6. The number of fused-ring (bicyclic) bond motifs is 7. The molecular formula is C70H44N6O. The number of nitrogens with zero attached hydrogens (tertiary/aromatic N) is 5. The lowest BCUT2D eigenvalue weighted by Crippen LogP contribution is -2.34. The number of amidine groups is 2. The van der Waals surface area contributed by atoms with Crippen LogP contribution in [-0.2, 0) is 0 Å². The van der Waals surface area contributed by atoms with Gasteiger partial charge in [-0.05, 0) is 95.2 Å². The lowest BCUT2D eigenvalue weighted by Gasteiger charge is -2.26.